The minimum absolute atomic E-state index is 0.166. The standard InChI is InChI=1S/C14H15N3O2/c1-2-4-12-10(3-1)11(7-15-12)14-16-13(17-19-14)9-5-6-18-8-9/h1-4,9,11,15H,5-8H2. The highest BCUT2D eigenvalue weighted by Crippen LogP contribution is 2.35. The maximum absolute atomic E-state index is 5.46. The molecule has 4 rings (SSSR count). The van der Waals surface area contributed by atoms with Gasteiger partial charge in [-0.05, 0) is 18.1 Å². The van der Waals surface area contributed by atoms with Crippen LogP contribution in [0.1, 0.15) is 35.5 Å². The lowest BCUT2D eigenvalue weighted by Crippen LogP contribution is -2.05. The summed E-state index contributed by atoms with van der Waals surface area (Å²) in [5.41, 5.74) is 2.40. The van der Waals surface area contributed by atoms with Crippen molar-refractivity contribution in [2.24, 2.45) is 0 Å². The largest absolute Gasteiger partial charge is 0.384 e. The Morgan fingerprint density at radius 2 is 2.21 bits per heavy atom. The molecule has 0 bridgehead atoms. The summed E-state index contributed by atoms with van der Waals surface area (Å²) in [5, 5.41) is 7.50. The second-order valence-corrected chi connectivity index (χ2v) is 5.07. The zero-order chi connectivity index (χ0) is 12.7. The number of anilines is 1. The van der Waals surface area contributed by atoms with Crippen molar-refractivity contribution in [3.63, 3.8) is 0 Å². The van der Waals surface area contributed by atoms with Gasteiger partial charge in [0.2, 0.25) is 5.89 Å². The van der Waals surface area contributed by atoms with Gasteiger partial charge >= 0.3 is 0 Å². The summed E-state index contributed by atoms with van der Waals surface area (Å²) in [5.74, 6) is 1.96. The number of nitrogens with one attached hydrogen (secondary N) is 1. The fourth-order valence-corrected chi connectivity index (χ4v) is 2.80. The second kappa shape index (κ2) is 4.35. The quantitative estimate of drug-likeness (QED) is 0.893. The number of rotatable bonds is 2. The third-order valence-corrected chi connectivity index (χ3v) is 3.88. The number of ether oxygens (including phenoxy) is 1. The Bertz CT molecular complexity index is 590. The lowest BCUT2D eigenvalue weighted by atomic mass is 10.0. The highest BCUT2D eigenvalue weighted by Gasteiger charge is 2.30. The summed E-state index contributed by atoms with van der Waals surface area (Å²) < 4.78 is 10.8. The molecule has 2 aliphatic rings. The maximum atomic E-state index is 5.46. The maximum Gasteiger partial charge on any atom is 0.236 e. The molecular weight excluding hydrogens is 242 g/mol. The third-order valence-electron chi connectivity index (χ3n) is 3.88. The van der Waals surface area contributed by atoms with Crippen molar-refractivity contribution in [1.29, 1.82) is 0 Å². The van der Waals surface area contributed by atoms with Crippen LogP contribution < -0.4 is 5.32 Å². The Hall–Kier alpha value is -1.88. The molecule has 1 aromatic heterocycles. The summed E-state index contributed by atoms with van der Waals surface area (Å²) in [6.45, 7) is 2.32. The normalized spacial score (nSPS) is 25.3. The van der Waals surface area contributed by atoms with Crippen molar-refractivity contribution in [2.75, 3.05) is 25.1 Å². The van der Waals surface area contributed by atoms with Gasteiger partial charge in [-0.1, -0.05) is 23.4 Å². The molecule has 1 fully saturated rings. The Labute approximate surface area is 111 Å². The molecule has 0 saturated carbocycles. The molecule has 98 valence electrons. The molecule has 5 nitrogen and oxygen atoms in total. The third kappa shape index (κ3) is 1.81. The predicted octanol–water partition coefficient (Wildman–Crippen LogP) is 2.13. The molecule has 1 N–H and O–H groups in total. The highest BCUT2D eigenvalue weighted by molar-refractivity contribution is 5.59. The van der Waals surface area contributed by atoms with Crippen LogP contribution in [0, 0.1) is 0 Å². The molecule has 2 unspecified atom stereocenters. The van der Waals surface area contributed by atoms with E-state index >= 15 is 0 Å². The summed E-state index contributed by atoms with van der Waals surface area (Å²) in [7, 11) is 0. The van der Waals surface area contributed by atoms with E-state index in [0.29, 0.717) is 18.4 Å². The summed E-state index contributed by atoms with van der Waals surface area (Å²) in [6, 6.07) is 8.27. The molecule has 2 aliphatic heterocycles. The van der Waals surface area contributed by atoms with E-state index in [4.69, 9.17) is 9.26 Å². The first-order valence-corrected chi connectivity index (χ1v) is 6.66. The van der Waals surface area contributed by atoms with Crippen LogP contribution >= 0.6 is 0 Å². The summed E-state index contributed by atoms with van der Waals surface area (Å²) >= 11 is 0. The number of nitrogens with zero attached hydrogens (tertiary/aromatic N) is 2. The predicted molar refractivity (Wildman–Crippen MR) is 69.2 cm³/mol. The molecular formula is C14H15N3O2. The van der Waals surface area contributed by atoms with E-state index in [-0.39, 0.29) is 5.92 Å². The van der Waals surface area contributed by atoms with Gasteiger partial charge in [-0.15, -0.1) is 0 Å². The van der Waals surface area contributed by atoms with E-state index in [1.807, 2.05) is 12.1 Å². The first-order valence-electron chi connectivity index (χ1n) is 6.66. The van der Waals surface area contributed by atoms with Crippen LogP contribution in [0.3, 0.4) is 0 Å². The minimum atomic E-state index is 0.166. The molecule has 0 aliphatic carbocycles. The molecule has 1 aromatic carbocycles. The highest BCUT2D eigenvalue weighted by atomic mass is 16.5. The lowest BCUT2D eigenvalue weighted by molar-refractivity contribution is 0.192. The van der Waals surface area contributed by atoms with Gasteiger partial charge in [0.15, 0.2) is 5.82 Å². The van der Waals surface area contributed by atoms with Gasteiger partial charge < -0.3 is 14.6 Å². The van der Waals surface area contributed by atoms with E-state index in [1.165, 1.54) is 5.56 Å². The smallest absolute Gasteiger partial charge is 0.236 e. The van der Waals surface area contributed by atoms with Gasteiger partial charge in [-0.2, -0.15) is 4.98 Å². The SMILES string of the molecule is c1ccc2c(c1)NCC2c1nc(C2CCOC2)no1. The number of hydrogen-bond acceptors (Lipinski definition) is 5. The van der Waals surface area contributed by atoms with Crippen molar-refractivity contribution < 1.29 is 9.26 Å². The van der Waals surface area contributed by atoms with E-state index in [9.17, 15) is 0 Å². The average Bonchev–Trinajstić information content (AvgIpc) is 3.18. The fourth-order valence-electron chi connectivity index (χ4n) is 2.80. The van der Waals surface area contributed by atoms with Crippen LogP contribution in [0.2, 0.25) is 0 Å². The molecule has 0 spiro atoms. The van der Waals surface area contributed by atoms with Gasteiger partial charge in [0.25, 0.3) is 0 Å². The van der Waals surface area contributed by atoms with E-state index < -0.39 is 0 Å². The molecule has 1 saturated heterocycles. The van der Waals surface area contributed by atoms with Gasteiger partial charge in [-0.3, -0.25) is 0 Å². The zero-order valence-electron chi connectivity index (χ0n) is 10.5. The van der Waals surface area contributed by atoms with Gasteiger partial charge in [0.05, 0.1) is 12.5 Å². The van der Waals surface area contributed by atoms with Crippen molar-refractivity contribution in [3.05, 3.63) is 41.5 Å². The van der Waals surface area contributed by atoms with Crippen LogP contribution in [0.5, 0.6) is 0 Å². The van der Waals surface area contributed by atoms with E-state index in [0.717, 1.165) is 31.1 Å². The van der Waals surface area contributed by atoms with Crippen LogP contribution in [-0.4, -0.2) is 29.9 Å². The number of fused-ring (bicyclic) bond motifs is 1. The summed E-state index contributed by atoms with van der Waals surface area (Å²) in [4.78, 5) is 4.58. The average molecular weight is 257 g/mol. The fraction of sp³-hybridized carbons (Fsp3) is 0.429. The Balaban J connectivity index is 1.63. The molecule has 0 amide bonds. The molecule has 19 heavy (non-hydrogen) atoms. The number of para-hydroxylation sites is 1. The van der Waals surface area contributed by atoms with Crippen LogP contribution in [0.4, 0.5) is 5.69 Å². The van der Waals surface area contributed by atoms with Gasteiger partial charge in [0, 0.05) is 24.8 Å². The first-order chi connectivity index (χ1) is 9.42. The van der Waals surface area contributed by atoms with Gasteiger partial charge in [0.1, 0.15) is 0 Å². The minimum Gasteiger partial charge on any atom is -0.384 e. The molecule has 2 atom stereocenters. The van der Waals surface area contributed by atoms with Crippen molar-refractivity contribution in [1.82, 2.24) is 10.1 Å². The van der Waals surface area contributed by atoms with Crippen molar-refractivity contribution in [3.8, 4) is 0 Å². The number of hydrogen-bond donors (Lipinski definition) is 1. The monoisotopic (exact) mass is 257 g/mol. The van der Waals surface area contributed by atoms with Crippen molar-refractivity contribution >= 4 is 5.69 Å². The second-order valence-electron chi connectivity index (χ2n) is 5.07. The lowest BCUT2D eigenvalue weighted by Gasteiger charge is -2.03. The number of benzene rings is 1. The zero-order valence-corrected chi connectivity index (χ0v) is 10.5. The van der Waals surface area contributed by atoms with E-state index in [2.05, 4.69) is 27.6 Å². The number of aromatic nitrogens is 2. The van der Waals surface area contributed by atoms with Gasteiger partial charge in [-0.25, -0.2) is 0 Å². The van der Waals surface area contributed by atoms with Crippen LogP contribution in [0.15, 0.2) is 28.8 Å². The first kappa shape index (κ1) is 11.0. The molecule has 0 radical (unpaired) electrons. The van der Waals surface area contributed by atoms with E-state index in [1.54, 1.807) is 0 Å². The topological polar surface area (TPSA) is 60.2 Å². The Morgan fingerprint density at radius 1 is 1.26 bits per heavy atom. The van der Waals surface area contributed by atoms with Crippen LogP contribution in [-0.2, 0) is 4.74 Å². The molecule has 2 aromatic rings. The van der Waals surface area contributed by atoms with Crippen LogP contribution in [0.25, 0.3) is 0 Å². The molecule has 5 heteroatoms. The summed E-state index contributed by atoms with van der Waals surface area (Å²) in [6.07, 6.45) is 0.985. The molecule has 3 heterocycles. The Kier molecular flexibility index (Phi) is 2.51. The Morgan fingerprint density at radius 3 is 3.11 bits per heavy atom. The van der Waals surface area contributed by atoms with Crippen molar-refractivity contribution in [2.45, 2.75) is 18.3 Å².